The highest BCUT2D eigenvalue weighted by atomic mass is 79.9. The van der Waals surface area contributed by atoms with Gasteiger partial charge >= 0.3 is 0 Å². The fourth-order valence-electron chi connectivity index (χ4n) is 4.06. The standard InChI is InChI=1S/C25H23BrN4O2S/c26-19-9-11-20(12-10-19)33(31,32)29-24-16-21-22(13-8-18-6-2-1-3-7-18)27-28-23(21)17-25(24)30-14-4-5-15-30/h1-3,6-13,16-17,29H,4-5,14-15H2,(H,27,28)/b13-8+. The molecule has 0 spiro atoms. The minimum atomic E-state index is -3.75. The Morgan fingerprint density at radius 3 is 2.42 bits per heavy atom. The van der Waals surface area contributed by atoms with Crippen molar-refractivity contribution in [1.29, 1.82) is 0 Å². The van der Waals surface area contributed by atoms with Crippen molar-refractivity contribution in [2.45, 2.75) is 17.7 Å². The lowest BCUT2D eigenvalue weighted by Crippen LogP contribution is -2.21. The summed E-state index contributed by atoms with van der Waals surface area (Å²) in [5.41, 5.74) is 4.12. The van der Waals surface area contributed by atoms with Gasteiger partial charge in [-0.2, -0.15) is 5.10 Å². The Morgan fingerprint density at radius 1 is 0.970 bits per heavy atom. The van der Waals surface area contributed by atoms with Crippen LogP contribution < -0.4 is 9.62 Å². The van der Waals surface area contributed by atoms with Gasteiger partial charge in [-0.25, -0.2) is 8.42 Å². The molecule has 1 saturated heterocycles. The van der Waals surface area contributed by atoms with Gasteiger partial charge in [0.15, 0.2) is 0 Å². The maximum atomic E-state index is 13.2. The monoisotopic (exact) mass is 522 g/mol. The second-order valence-corrected chi connectivity index (χ2v) is 10.6. The van der Waals surface area contributed by atoms with Crippen LogP contribution in [0.4, 0.5) is 11.4 Å². The summed E-state index contributed by atoms with van der Waals surface area (Å²) in [5, 5.41) is 8.44. The van der Waals surface area contributed by atoms with E-state index in [1.807, 2.05) is 54.6 Å². The number of nitrogens with one attached hydrogen (secondary N) is 2. The first kappa shape index (κ1) is 21.7. The molecule has 0 saturated carbocycles. The molecule has 0 aliphatic carbocycles. The summed E-state index contributed by atoms with van der Waals surface area (Å²) >= 11 is 3.36. The van der Waals surface area contributed by atoms with Gasteiger partial charge in [-0.3, -0.25) is 9.82 Å². The number of aromatic nitrogens is 2. The Bertz CT molecular complexity index is 1410. The van der Waals surface area contributed by atoms with Gasteiger partial charge in [-0.15, -0.1) is 0 Å². The number of halogens is 1. The Labute approximate surface area is 201 Å². The van der Waals surface area contributed by atoms with Crippen LogP contribution in [0.1, 0.15) is 24.1 Å². The van der Waals surface area contributed by atoms with Crippen LogP contribution in [0.2, 0.25) is 0 Å². The summed E-state index contributed by atoms with van der Waals surface area (Å²) in [7, 11) is -3.75. The maximum absolute atomic E-state index is 13.2. The molecule has 1 aromatic heterocycles. The van der Waals surface area contributed by atoms with Crippen LogP contribution in [-0.4, -0.2) is 31.7 Å². The summed E-state index contributed by atoms with van der Waals surface area (Å²) < 4.78 is 30.0. The third kappa shape index (κ3) is 4.67. The van der Waals surface area contributed by atoms with Crippen LogP contribution in [0.5, 0.6) is 0 Å². The Morgan fingerprint density at radius 2 is 1.70 bits per heavy atom. The quantitative estimate of drug-likeness (QED) is 0.330. The number of nitrogens with zero attached hydrogens (tertiary/aromatic N) is 2. The molecule has 4 aromatic rings. The second kappa shape index (κ2) is 9.03. The minimum absolute atomic E-state index is 0.217. The summed E-state index contributed by atoms with van der Waals surface area (Å²) in [5.74, 6) is 0. The van der Waals surface area contributed by atoms with Crippen molar-refractivity contribution < 1.29 is 8.42 Å². The molecule has 0 amide bonds. The molecule has 6 nitrogen and oxygen atoms in total. The first-order valence-corrected chi connectivity index (χ1v) is 13.1. The molecule has 0 bridgehead atoms. The lowest BCUT2D eigenvalue weighted by Gasteiger charge is -2.22. The van der Waals surface area contributed by atoms with E-state index < -0.39 is 10.0 Å². The van der Waals surface area contributed by atoms with Crippen LogP contribution in [0.15, 0.2) is 76.1 Å². The predicted octanol–water partition coefficient (Wildman–Crippen LogP) is 5.90. The van der Waals surface area contributed by atoms with E-state index in [9.17, 15) is 8.42 Å². The molecule has 0 atom stereocenters. The molecule has 1 aliphatic rings. The van der Waals surface area contributed by atoms with Gasteiger partial charge in [0.25, 0.3) is 10.0 Å². The second-order valence-electron chi connectivity index (χ2n) is 8.02. The number of hydrogen-bond acceptors (Lipinski definition) is 4. The number of anilines is 2. The molecule has 33 heavy (non-hydrogen) atoms. The van der Waals surface area contributed by atoms with Crippen molar-refractivity contribution in [2.24, 2.45) is 0 Å². The lowest BCUT2D eigenvalue weighted by atomic mass is 10.1. The maximum Gasteiger partial charge on any atom is 0.261 e. The fraction of sp³-hybridized carbons (Fsp3) is 0.160. The average Bonchev–Trinajstić information content (AvgIpc) is 3.48. The van der Waals surface area contributed by atoms with Gasteiger partial charge in [0.1, 0.15) is 0 Å². The number of H-pyrrole nitrogens is 1. The van der Waals surface area contributed by atoms with E-state index in [0.717, 1.165) is 58.3 Å². The molecule has 168 valence electrons. The van der Waals surface area contributed by atoms with E-state index in [-0.39, 0.29) is 4.90 Å². The van der Waals surface area contributed by atoms with E-state index in [0.29, 0.717) is 5.69 Å². The van der Waals surface area contributed by atoms with Crippen LogP contribution in [0.25, 0.3) is 23.1 Å². The molecule has 8 heteroatoms. The summed E-state index contributed by atoms with van der Waals surface area (Å²) in [6, 6.07) is 20.5. The van der Waals surface area contributed by atoms with E-state index in [4.69, 9.17) is 0 Å². The molecule has 1 fully saturated rings. The molecule has 0 radical (unpaired) electrons. The number of sulfonamides is 1. The van der Waals surface area contributed by atoms with Gasteiger partial charge in [0.05, 0.1) is 27.5 Å². The highest BCUT2D eigenvalue weighted by Crippen LogP contribution is 2.35. The lowest BCUT2D eigenvalue weighted by molar-refractivity contribution is 0.601. The Balaban J connectivity index is 1.56. The largest absolute Gasteiger partial charge is 0.370 e. The molecule has 1 aliphatic heterocycles. The molecular formula is C25H23BrN4O2S. The number of fused-ring (bicyclic) bond motifs is 1. The molecular weight excluding hydrogens is 500 g/mol. The molecule has 2 heterocycles. The normalized spacial score (nSPS) is 14.4. The Hall–Kier alpha value is -3.10. The number of rotatable bonds is 6. The molecule has 2 N–H and O–H groups in total. The summed E-state index contributed by atoms with van der Waals surface area (Å²) in [6.45, 7) is 1.79. The minimum Gasteiger partial charge on any atom is -0.370 e. The van der Waals surface area contributed by atoms with Crippen LogP contribution in [0.3, 0.4) is 0 Å². The highest BCUT2D eigenvalue weighted by Gasteiger charge is 2.22. The van der Waals surface area contributed by atoms with Gasteiger partial charge in [0, 0.05) is 22.9 Å². The van der Waals surface area contributed by atoms with Crippen LogP contribution >= 0.6 is 15.9 Å². The van der Waals surface area contributed by atoms with Crippen molar-refractivity contribution in [3.63, 3.8) is 0 Å². The third-order valence-electron chi connectivity index (χ3n) is 5.76. The zero-order valence-electron chi connectivity index (χ0n) is 17.8. The SMILES string of the molecule is O=S(=O)(Nc1cc2c(/C=C/c3ccccc3)n[nH]c2cc1N1CCCC1)c1ccc(Br)cc1. The summed E-state index contributed by atoms with van der Waals surface area (Å²) in [4.78, 5) is 2.44. The number of benzene rings is 3. The molecule has 5 rings (SSSR count). The van der Waals surface area contributed by atoms with E-state index in [2.05, 4.69) is 35.7 Å². The van der Waals surface area contributed by atoms with Crippen molar-refractivity contribution in [3.8, 4) is 0 Å². The highest BCUT2D eigenvalue weighted by molar-refractivity contribution is 9.10. The fourth-order valence-corrected chi connectivity index (χ4v) is 5.39. The molecule has 0 unspecified atom stereocenters. The predicted molar refractivity (Wildman–Crippen MR) is 138 cm³/mol. The topological polar surface area (TPSA) is 78.1 Å². The van der Waals surface area contributed by atoms with Crippen molar-refractivity contribution in [3.05, 3.63) is 82.5 Å². The molecule has 3 aromatic carbocycles. The van der Waals surface area contributed by atoms with E-state index >= 15 is 0 Å². The van der Waals surface area contributed by atoms with Gasteiger partial charge in [-0.05, 0) is 60.9 Å². The number of aromatic amines is 1. The van der Waals surface area contributed by atoms with Crippen molar-refractivity contribution in [1.82, 2.24) is 10.2 Å². The van der Waals surface area contributed by atoms with Crippen molar-refractivity contribution in [2.75, 3.05) is 22.7 Å². The first-order valence-electron chi connectivity index (χ1n) is 10.8. The smallest absolute Gasteiger partial charge is 0.261 e. The van der Waals surface area contributed by atoms with Crippen LogP contribution in [-0.2, 0) is 10.0 Å². The summed E-state index contributed by atoms with van der Waals surface area (Å²) in [6.07, 6.45) is 6.11. The van der Waals surface area contributed by atoms with Crippen LogP contribution in [0, 0.1) is 0 Å². The third-order valence-corrected chi connectivity index (χ3v) is 7.67. The van der Waals surface area contributed by atoms with Crippen molar-refractivity contribution >= 4 is 60.4 Å². The van der Waals surface area contributed by atoms with Gasteiger partial charge < -0.3 is 4.90 Å². The van der Waals surface area contributed by atoms with E-state index in [1.54, 1.807) is 24.3 Å². The van der Waals surface area contributed by atoms with E-state index in [1.165, 1.54) is 0 Å². The zero-order valence-corrected chi connectivity index (χ0v) is 20.2. The average molecular weight is 523 g/mol. The first-order chi connectivity index (χ1) is 16.0. The number of hydrogen-bond donors (Lipinski definition) is 2. The van der Waals surface area contributed by atoms with Gasteiger partial charge in [-0.1, -0.05) is 52.3 Å². The zero-order chi connectivity index (χ0) is 22.8. The Kier molecular flexibility index (Phi) is 5.95. The van der Waals surface area contributed by atoms with Gasteiger partial charge in [0.2, 0.25) is 0 Å².